The molecule has 0 saturated carbocycles. The topological polar surface area (TPSA) is 48.3 Å². The highest BCUT2D eigenvalue weighted by atomic mass is 19.1. The van der Waals surface area contributed by atoms with Crippen molar-refractivity contribution in [1.29, 1.82) is 5.26 Å². The van der Waals surface area contributed by atoms with E-state index in [1.54, 1.807) is 12.1 Å². The summed E-state index contributed by atoms with van der Waals surface area (Å²) < 4.78 is 19.6. The van der Waals surface area contributed by atoms with Crippen molar-refractivity contribution >= 4 is 5.69 Å². The second-order valence-electron chi connectivity index (χ2n) is 5.32. The Bertz CT molecular complexity index is 515. The van der Waals surface area contributed by atoms with E-state index >= 15 is 0 Å². The van der Waals surface area contributed by atoms with Crippen LogP contribution in [0.1, 0.15) is 31.9 Å². The van der Waals surface area contributed by atoms with Crippen LogP contribution >= 0.6 is 0 Å². The first-order valence-electron chi connectivity index (χ1n) is 7.44. The monoisotopic (exact) mass is 291 g/mol. The molecule has 1 heterocycles. The smallest absolute Gasteiger partial charge is 0.161 e. The number of rotatable bonds is 5. The molecule has 2 atom stereocenters. The second kappa shape index (κ2) is 7.39. The zero-order valence-corrected chi connectivity index (χ0v) is 12.6. The molecule has 1 saturated heterocycles. The van der Waals surface area contributed by atoms with Crippen molar-refractivity contribution in [2.24, 2.45) is 0 Å². The zero-order valence-electron chi connectivity index (χ0n) is 12.6. The van der Waals surface area contributed by atoms with Crippen molar-refractivity contribution in [2.45, 2.75) is 32.4 Å². The van der Waals surface area contributed by atoms with Gasteiger partial charge in [0, 0.05) is 12.6 Å². The van der Waals surface area contributed by atoms with E-state index in [9.17, 15) is 4.39 Å². The van der Waals surface area contributed by atoms with Gasteiger partial charge in [0.15, 0.2) is 6.10 Å². The van der Waals surface area contributed by atoms with Crippen LogP contribution in [0.3, 0.4) is 0 Å². The molecule has 0 amide bonds. The van der Waals surface area contributed by atoms with Crippen LogP contribution in [0.25, 0.3) is 0 Å². The number of hydrogen-bond donors (Lipinski definition) is 1. The molecule has 1 N–H and O–H groups in total. The highest BCUT2D eigenvalue weighted by Gasteiger charge is 2.22. The lowest BCUT2D eigenvalue weighted by Crippen LogP contribution is -2.42. The summed E-state index contributed by atoms with van der Waals surface area (Å²) in [4.78, 5) is 1.88. The van der Waals surface area contributed by atoms with Crippen molar-refractivity contribution in [1.82, 2.24) is 5.32 Å². The third kappa shape index (κ3) is 3.93. The van der Waals surface area contributed by atoms with E-state index in [1.807, 2.05) is 17.9 Å². The van der Waals surface area contributed by atoms with E-state index in [-0.39, 0.29) is 11.9 Å². The minimum absolute atomic E-state index is 0.130. The van der Waals surface area contributed by atoms with Crippen LogP contribution in [-0.4, -0.2) is 32.3 Å². The van der Waals surface area contributed by atoms with Gasteiger partial charge >= 0.3 is 0 Å². The molecule has 5 heteroatoms. The number of ether oxygens (including phenoxy) is 1. The molecule has 1 aliphatic rings. The summed E-state index contributed by atoms with van der Waals surface area (Å²) in [5.41, 5.74) is 1.49. The molecule has 4 nitrogen and oxygen atoms in total. The summed E-state index contributed by atoms with van der Waals surface area (Å²) in [6, 6.07) is 7.54. The van der Waals surface area contributed by atoms with Crippen molar-refractivity contribution < 1.29 is 9.13 Å². The fraction of sp³-hybridized carbons (Fsp3) is 0.562. The van der Waals surface area contributed by atoms with Crippen LogP contribution in [0.5, 0.6) is 0 Å². The van der Waals surface area contributed by atoms with Crippen LogP contribution in [0.2, 0.25) is 0 Å². The molecular formula is C16H22FN3O. The van der Waals surface area contributed by atoms with Gasteiger partial charge in [0.25, 0.3) is 0 Å². The molecule has 1 aromatic rings. The van der Waals surface area contributed by atoms with Gasteiger partial charge in [-0.3, -0.25) is 0 Å². The van der Waals surface area contributed by atoms with Gasteiger partial charge < -0.3 is 15.0 Å². The molecular weight excluding hydrogens is 269 g/mol. The van der Waals surface area contributed by atoms with Crippen LogP contribution in [0.4, 0.5) is 10.1 Å². The minimum atomic E-state index is -0.483. The lowest BCUT2D eigenvalue weighted by Gasteiger charge is -2.32. The predicted octanol–water partition coefficient (Wildman–Crippen LogP) is 2.62. The predicted molar refractivity (Wildman–Crippen MR) is 80.7 cm³/mol. The number of hydrogen-bond acceptors (Lipinski definition) is 4. The van der Waals surface area contributed by atoms with Crippen molar-refractivity contribution in [2.75, 3.05) is 31.1 Å². The van der Waals surface area contributed by atoms with Gasteiger partial charge in [-0.05, 0) is 37.6 Å². The molecule has 21 heavy (non-hydrogen) atoms. The molecule has 0 bridgehead atoms. The van der Waals surface area contributed by atoms with Gasteiger partial charge in [-0.1, -0.05) is 13.0 Å². The Hall–Kier alpha value is -1.64. The Morgan fingerprint density at radius 3 is 3.05 bits per heavy atom. The summed E-state index contributed by atoms with van der Waals surface area (Å²) in [7, 11) is 0. The Labute approximate surface area is 125 Å². The average Bonchev–Trinajstić information content (AvgIpc) is 2.52. The van der Waals surface area contributed by atoms with E-state index in [4.69, 9.17) is 10.00 Å². The van der Waals surface area contributed by atoms with Crippen LogP contribution in [0.15, 0.2) is 18.2 Å². The number of anilines is 1. The maximum Gasteiger partial charge on any atom is 0.161 e. The fourth-order valence-electron chi connectivity index (χ4n) is 2.47. The number of nitriles is 1. The van der Waals surface area contributed by atoms with Gasteiger partial charge in [0.1, 0.15) is 5.82 Å². The standard InChI is InChI=1S/C16H22FN3O/c1-3-6-19-12(2)13-4-5-16(15(17)9-13)20-7-8-21-14(10-18)11-20/h4-5,9,12,14,19H,3,6-8,11H2,1-2H3. The first-order chi connectivity index (χ1) is 10.2. The molecule has 2 unspecified atom stereocenters. The molecule has 1 aliphatic heterocycles. The second-order valence-corrected chi connectivity index (χ2v) is 5.32. The first-order valence-corrected chi connectivity index (χ1v) is 7.44. The molecule has 1 aromatic carbocycles. The summed E-state index contributed by atoms with van der Waals surface area (Å²) in [5, 5.41) is 12.3. The molecule has 0 aliphatic carbocycles. The number of nitrogens with one attached hydrogen (secondary N) is 1. The Balaban J connectivity index is 2.10. The molecule has 0 spiro atoms. The number of benzene rings is 1. The lowest BCUT2D eigenvalue weighted by molar-refractivity contribution is 0.0762. The normalized spacial score (nSPS) is 20.1. The number of halogens is 1. The van der Waals surface area contributed by atoms with Crippen LogP contribution < -0.4 is 10.2 Å². The Morgan fingerprint density at radius 1 is 1.57 bits per heavy atom. The van der Waals surface area contributed by atoms with Gasteiger partial charge in [0.2, 0.25) is 0 Å². The van der Waals surface area contributed by atoms with E-state index in [2.05, 4.69) is 18.3 Å². The van der Waals surface area contributed by atoms with E-state index in [1.165, 1.54) is 0 Å². The zero-order chi connectivity index (χ0) is 15.2. The average molecular weight is 291 g/mol. The molecule has 0 aromatic heterocycles. The number of nitrogens with zero attached hydrogens (tertiary/aromatic N) is 2. The third-order valence-corrected chi connectivity index (χ3v) is 3.72. The summed E-state index contributed by atoms with van der Waals surface area (Å²) in [5.74, 6) is -0.240. The van der Waals surface area contributed by atoms with Crippen LogP contribution in [0, 0.1) is 17.1 Å². The molecule has 1 fully saturated rings. The third-order valence-electron chi connectivity index (χ3n) is 3.72. The first kappa shape index (κ1) is 15.7. The highest BCUT2D eigenvalue weighted by Crippen LogP contribution is 2.25. The van der Waals surface area contributed by atoms with Gasteiger partial charge in [-0.2, -0.15) is 5.26 Å². The largest absolute Gasteiger partial charge is 0.363 e. The van der Waals surface area contributed by atoms with E-state index in [0.717, 1.165) is 18.5 Å². The highest BCUT2D eigenvalue weighted by molar-refractivity contribution is 5.50. The number of morpholine rings is 1. The van der Waals surface area contributed by atoms with Crippen molar-refractivity contribution in [3.8, 4) is 6.07 Å². The summed E-state index contributed by atoms with van der Waals surface area (Å²) in [6.07, 6.45) is 0.566. The molecule has 114 valence electrons. The van der Waals surface area contributed by atoms with E-state index in [0.29, 0.717) is 25.4 Å². The SMILES string of the molecule is CCCNC(C)c1ccc(N2CCOC(C#N)C2)c(F)c1. The maximum absolute atomic E-state index is 14.4. The fourth-order valence-corrected chi connectivity index (χ4v) is 2.47. The van der Waals surface area contributed by atoms with Crippen molar-refractivity contribution in [3.63, 3.8) is 0 Å². The summed E-state index contributed by atoms with van der Waals surface area (Å²) >= 11 is 0. The van der Waals surface area contributed by atoms with Gasteiger partial charge in [0.05, 0.1) is 24.9 Å². The van der Waals surface area contributed by atoms with Gasteiger partial charge in [-0.15, -0.1) is 0 Å². The lowest BCUT2D eigenvalue weighted by atomic mass is 10.1. The quantitative estimate of drug-likeness (QED) is 0.906. The van der Waals surface area contributed by atoms with Crippen molar-refractivity contribution in [3.05, 3.63) is 29.6 Å². The van der Waals surface area contributed by atoms with E-state index < -0.39 is 6.10 Å². The van der Waals surface area contributed by atoms with Gasteiger partial charge in [-0.25, -0.2) is 4.39 Å². The Morgan fingerprint density at radius 2 is 2.38 bits per heavy atom. The molecule has 2 rings (SSSR count). The molecule has 0 radical (unpaired) electrons. The minimum Gasteiger partial charge on any atom is -0.363 e. The Kier molecular flexibility index (Phi) is 5.54. The summed E-state index contributed by atoms with van der Waals surface area (Å²) in [6.45, 7) is 6.53. The maximum atomic E-state index is 14.4. The van der Waals surface area contributed by atoms with Crippen LogP contribution in [-0.2, 0) is 4.74 Å².